The summed E-state index contributed by atoms with van der Waals surface area (Å²) in [5.41, 5.74) is 3.55. The van der Waals surface area contributed by atoms with Crippen molar-refractivity contribution in [1.82, 2.24) is 14.6 Å². The maximum Gasteiger partial charge on any atom is 0.412 e. The van der Waals surface area contributed by atoms with Gasteiger partial charge in [-0.3, -0.25) is 5.32 Å². The second-order valence-corrected chi connectivity index (χ2v) is 7.12. The molecule has 0 aliphatic rings. The van der Waals surface area contributed by atoms with Gasteiger partial charge in [0.2, 0.25) is 0 Å². The molecule has 0 saturated heterocycles. The summed E-state index contributed by atoms with van der Waals surface area (Å²) in [4.78, 5) is 16.6. The number of hydrogen-bond donors (Lipinski definition) is 2. The minimum Gasteiger partial charge on any atom is -0.444 e. The lowest BCUT2D eigenvalue weighted by Crippen LogP contribution is -2.14. The van der Waals surface area contributed by atoms with Gasteiger partial charge < -0.3 is 10.1 Å². The molecule has 4 rings (SSSR count). The normalized spacial score (nSPS) is 10.8. The van der Waals surface area contributed by atoms with Crippen molar-refractivity contribution in [3.63, 3.8) is 0 Å². The molecule has 0 saturated carbocycles. The molecule has 0 radical (unpaired) electrons. The van der Waals surface area contributed by atoms with Gasteiger partial charge in [-0.15, -0.1) is 0 Å². The summed E-state index contributed by atoms with van der Waals surface area (Å²) in [5.74, 6) is -0.00212. The molecular weight excluding hydrogens is 421 g/mol. The van der Waals surface area contributed by atoms with Crippen LogP contribution in [0.25, 0.3) is 5.52 Å². The van der Waals surface area contributed by atoms with Crippen LogP contribution in [0.1, 0.15) is 18.1 Å². The molecule has 2 N–H and O–H groups in total. The number of fused-ring (bicyclic) bond motifs is 1. The van der Waals surface area contributed by atoms with Crippen molar-refractivity contribution in [1.29, 1.82) is 0 Å². The summed E-state index contributed by atoms with van der Waals surface area (Å²) in [5, 5.41) is 10.2. The molecule has 158 valence electrons. The quantitative estimate of drug-likeness (QED) is 0.410. The summed E-state index contributed by atoms with van der Waals surface area (Å²) in [6.07, 6.45) is 3.12. The van der Waals surface area contributed by atoms with E-state index in [1.807, 2.05) is 37.3 Å². The molecule has 2 aromatic carbocycles. The van der Waals surface area contributed by atoms with Crippen molar-refractivity contribution in [2.75, 3.05) is 10.6 Å². The van der Waals surface area contributed by atoms with Crippen molar-refractivity contribution in [2.45, 2.75) is 20.0 Å². The van der Waals surface area contributed by atoms with Crippen LogP contribution in [0.2, 0.25) is 5.02 Å². The number of carbonyl (C=O) groups excluding carboxylic acids is 1. The molecule has 4 aromatic rings. The number of aryl methyl sites for hydroxylation is 1. The predicted octanol–water partition coefficient (Wildman–Crippen LogP) is 5.58. The highest BCUT2D eigenvalue weighted by Crippen LogP contribution is 2.30. The highest BCUT2D eigenvalue weighted by atomic mass is 35.5. The fourth-order valence-corrected chi connectivity index (χ4v) is 3.39. The number of carbonyl (C=O) groups is 1. The SMILES string of the molecule is CCc1c(NC(=O)OCc2ccccc2)cn2ncnc(Nc3ccc(F)c(Cl)c3)c12. The van der Waals surface area contributed by atoms with E-state index in [1.165, 1.54) is 18.5 Å². The van der Waals surface area contributed by atoms with E-state index in [2.05, 4.69) is 20.7 Å². The molecule has 0 fully saturated rings. The number of nitrogens with zero attached hydrogens (tertiary/aromatic N) is 3. The molecule has 0 aliphatic heterocycles. The first-order valence-electron chi connectivity index (χ1n) is 9.60. The van der Waals surface area contributed by atoms with E-state index < -0.39 is 11.9 Å². The summed E-state index contributed by atoms with van der Waals surface area (Å²) in [6, 6.07) is 13.7. The Hall–Kier alpha value is -3.65. The molecule has 31 heavy (non-hydrogen) atoms. The van der Waals surface area contributed by atoms with Crippen LogP contribution in [0.3, 0.4) is 0 Å². The molecule has 7 nitrogen and oxygen atoms in total. The van der Waals surface area contributed by atoms with Crippen molar-refractivity contribution >= 4 is 40.4 Å². The van der Waals surface area contributed by atoms with Crippen molar-refractivity contribution in [3.8, 4) is 0 Å². The Bertz CT molecular complexity index is 1230. The zero-order valence-corrected chi connectivity index (χ0v) is 17.4. The molecule has 9 heteroatoms. The molecule has 2 heterocycles. The monoisotopic (exact) mass is 439 g/mol. The lowest BCUT2D eigenvalue weighted by atomic mass is 10.2. The van der Waals surface area contributed by atoms with Crippen LogP contribution in [-0.2, 0) is 17.8 Å². The topological polar surface area (TPSA) is 80.5 Å². The third-order valence-corrected chi connectivity index (χ3v) is 4.95. The van der Waals surface area contributed by atoms with Gasteiger partial charge in [0.15, 0.2) is 5.82 Å². The van der Waals surface area contributed by atoms with Gasteiger partial charge in [-0.25, -0.2) is 18.7 Å². The van der Waals surface area contributed by atoms with Crippen LogP contribution >= 0.6 is 11.6 Å². The highest BCUT2D eigenvalue weighted by Gasteiger charge is 2.17. The predicted molar refractivity (Wildman–Crippen MR) is 117 cm³/mol. The summed E-state index contributed by atoms with van der Waals surface area (Å²) in [6.45, 7) is 2.13. The zero-order chi connectivity index (χ0) is 21.8. The van der Waals surface area contributed by atoms with Crippen LogP contribution in [-0.4, -0.2) is 20.7 Å². The minimum atomic E-state index is -0.567. The third-order valence-electron chi connectivity index (χ3n) is 4.66. The molecule has 0 spiro atoms. The first kappa shape index (κ1) is 20.6. The van der Waals surface area contributed by atoms with E-state index in [9.17, 15) is 9.18 Å². The van der Waals surface area contributed by atoms with E-state index in [-0.39, 0.29) is 11.6 Å². The summed E-state index contributed by atoms with van der Waals surface area (Å²) >= 11 is 5.88. The molecule has 0 aliphatic carbocycles. The molecule has 0 atom stereocenters. The molecule has 2 aromatic heterocycles. The Kier molecular flexibility index (Phi) is 5.99. The largest absolute Gasteiger partial charge is 0.444 e. The van der Waals surface area contributed by atoms with Crippen LogP contribution in [0, 0.1) is 5.82 Å². The Morgan fingerprint density at radius 2 is 2.03 bits per heavy atom. The lowest BCUT2D eigenvalue weighted by Gasteiger charge is -2.10. The van der Waals surface area contributed by atoms with E-state index in [1.54, 1.807) is 16.8 Å². The molecule has 0 bridgehead atoms. The standard InChI is InChI=1S/C22H19ClFN5O2/c1-2-16-19(28-22(30)31-12-14-6-4-3-5-7-14)11-29-20(16)21(25-13-26-29)27-15-8-9-18(24)17(23)10-15/h3-11,13H,2,12H2,1H3,(H,28,30)(H,25,26,27). The highest BCUT2D eigenvalue weighted by molar-refractivity contribution is 6.31. The average molecular weight is 440 g/mol. The van der Waals surface area contributed by atoms with Crippen molar-refractivity contribution in [2.24, 2.45) is 0 Å². The summed E-state index contributed by atoms with van der Waals surface area (Å²) < 4.78 is 20.4. The first-order chi connectivity index (χ1) is 15.0. The van der Waals surface area contributed by atoms with Gasteiger partial charge in [0, 0.05) is 11.3 Å². The number of anilines is 3. The average Bonchev–Trinajstić information content (AvgIpc) is 3.13. The fraction of sp³-hybridized carbons (Fsp3) is 0.136. The number of aromatic nitrogens is 3. The van der Waals surface area contributed by atoms with Gasteiger partial charge >= 0.3 is 6.09 Å². The fourth-order valence-electron chi connectivity index (χ4n) is 3.21. The van der Waals surface area contributed by atoms with Gasteiger partial charge in [0.1, 0.15) is 24.3 Å². The van der Waals surface area contributed by atoms with E-state index in [4.69, 9.17) is 16.3 Å². The summed E-state index contributed by atoms with van der Waals surface area (Å²) in [7, 11) is 0. The zero-order valence-electron chi connectivity index (χ0n) is 16.6. The van der Waals surface area contributed by atoms with Crippen LogP contribution in [0.4, 0.5) is 26.4 Å². The Labute approximate surface area is 182 Å². The molecule has 0 unspecified atom stereocenters. The Morgan fingerprint density at radius 3 is 2.77 bits per heavy atom. The molecular formula is C22H19ClFN5O2. The van der Waals surface area contributed by atoms with Crippen molar-refractivity contribution in [3.05, 3.63) is 83.0 Å². The van der Waals surface area contributed by atoms with E-state index in [0.717, 1.165) is 11.1 Å². The minimum absolute atomic E-state index is 0.00434. The van der Waals surface area contributed by atoms with Gasteiger partial charge in [-0.2, -0.15) is 5.10 Å². The van der Waals surface area contributed by atoms with Crippen LogP contribution < -0.4 is 10.6 Å². The number of amides is 1. The maximum absolute atomic E-state index is 13.5. The number of nitrogens with one attached hydrogen (secondary N) is 2. The van der Waals surface area contributed by atoms with Crippen LogP contribution in [0.5, 0.6) is 0 Å². The lowest BCUT2D eigenvalue weighted by molar-refractivity contribution is 0.155. The van der Waals surface area contributed by atoms with Gasteiger partial charge in [-0.05, 0) is 30.2 Å². The van der Waals surface area contributed by atoms with Gasteiger partial charge in [0.05, 0.1) is 16.9 Å². The second-order valence-electron chi connectivity index (χ2n) is 6.72. The Balaban J connectivity index is 1.58. The number of halogens is 2. The van der Waals surface area contributed by atoms with E-state index >= 15 is 0 Å². The third kappa shape index (κ3) is 4.59. The number of benzene rings is 2. The van der Waals surface area contributed by atoms with Gasteiger partial charge in [0.25, 0.3) is 0 Å². The first-order valence-corrected chi connectivity index (χ1v) is 9.98. The van der Waals surface area contributed by atoms with Crippen LogP contribution in [0.15, 0.2) is 61.1 Å². The second kappa shape index (κ2) is 9.01. The number of rotatable bonds is 6. The molecule has 1 amide bonds. The van der Waals surface area contributed by atoms with E-state index in [0.29, 0.717) is 29.1 Å². The van der Waals surface area contributed by atoms with Crippen molar-refractivity contribution < 1.29 is 13.9 Å². The van der Waals surface area contributed by atoms with Gasteiger partial charge in [-0.1, -0.05) is 48.9 Å². The number of ether oxygens (including phenoxy) is 1. The maximum atomic E-state index is 13.5. The smallest absolute Gasteiger partial charge is 0.412 e. The number of hydrogen-bond acceptors (Lipinski definition) is 5. The Morgan fingerprint density at radius 1 is 1.23 bits per heavy atom.